The van der Waals surface area contributed by atoms with Gasteiger partial charge in [-0.25, -0.2) is 0 Å². The van der Waals surface area contributed by atoms with Crippen molar-refractivity contribution in [2.45, 2.75) is 13.3 Å². The number of halogens is 1. The molecule has 3 heteroatoms. The van der Waals surface area contributed by atoms with E-state index in [0.29, 0.717) is 5.41 Å². The largest absolute Gasteiger partial charge is 0.374 e. The van der Waals surface area contributed by atoms with Crippen LogP contribution in [0.1, 0.15) is 13.3 Å². The molecule has 16 heavy (non-hydrogen) atoms. The van der Waals surface area contributed by atoms with Gasteiger partial charge in [0.25, 0.3) is 0 Å². The van der Waals surface area contributed by atoms with Crippen molar-refractivity contribution in [3.8, 4) is 0 Å². The van der Waals surface area contributed by atoms with Gasteiger partial charge in [-0.3, -0.25) is 0 Å². The molecule has 1 unspecified atom stereocenters. The molecule has 1 N–H and O–H groups in total. The minimum absolute atomic E-state index is 0. The molecule has 0 aliphatic carbocycles. The Balaban J connectivity index is 0.00000128. The third kappa shape index (κ3) is 3.13. The number of anilines is 1. The van der Waals surface area contributed by atoms with Gasteiger partial charge in [-0.05, 0) is 30.5 Å². The van der Waals surface area contributed by atoms with Gasteiger partial charge in [0, 0.05) is 25.8 Å². The Hall–Kier alpha value is -0.730. The van der Waals surface area contributed by atoms with Crippen LogP contribution in [0.5, 0.6) is 0 Å². The van der Waals surface area contributed by atoms with Crippen LogP contribution in [-0.2, 0) is 0 Å². The summed E-state index contributed by atoms with van der Waals surface area (Å²) in [5.74, 6) is 0. The van der Waals surface area contributed by atoms with E-state index in [0.717, 1.165) is 13.1 Å². The minimum atomic E-state index is 0. The van der Waals surface area contributed by atoms with Crippen molar-refractivity contribution in [3.05, 3.63) is 30.3 Å². The Morgan fingerprint density at radius 3 is 2.56 bits per heavy atom. The monoisotopic (exact) mass is 240 g/mol. The summed E-state index contributed by atoms with van der Waals surface area (Å²) in [6, 6.07) is 10.6. The maximum atomic E-state index is 3.44. The molecule has 1 fully saturated rings. The zero-order chi connectivity index (χ0) is 10.7. The molecule has 0 bridgehead atoms. The molecule has 1 aliphatic rings. The van der Waals surface area contributed by atoms with Crippen LogP contribution in [0.3, 0.4) is 0 Å². The van der Waals surface area contributed by atoms with Gasteiger partial charge < -0.3 is 10.2 Å². The standard InChI is InChI=1S/C13H20N2.ClH/c1-13(8-9-14-10-13)11-15(2)12-6-4-3-5-7-12;/h3-7,14H,8-11H2,1-2H3;1H. The number of rotatable bonds is 3. The summed E-state index contributed by atoms with van der Waals surface area (Å²) in [6.07, 6.45) is 1.28. The number of hydrogen-bond donors (Lipinski definition) is 1. The van der Waals surface area contributed by atoms with Crippen molar-refractivity contribution in [2.24, 2.45) is 5.41 Å². The lowest BCUT2D eigenvalue weighted by atomic mass is 9.89. The van der Waals surface area contributed by atoms with Gasteiger partial charge in [0.15, 0.2) is 0 Å². The Morgan fingerprint density at radius 2 is 2.00 bits per heavy atom. The lowest BCUT2D eigenvalue weighted by Crippen LogP contribution is -2.35. The lowest BCUT2D eigenvalue weighted by molar-refractivity contribution is 0.371. The van der Waals surface area contributed by atoms with Crippen LogP contribution in [0.15, 0.2) is 30.3 Å². The summed E-state index contributed by atoms with van der Waals surface area (Å²) in [4.78, 5) is 2.35. The molecular weight excluding hydrogens is 220 g/mol. The van der Waals surface area contributed by atoms with Gasteiger partial charge in [0.05, 0.1) is 0 Å². The molecule has 0 spiro atoms. The first-order valence-corrected chi connectivity index (χ1v) is 5.67. The molecular formula is C13H21ClN2. The maximum Gasteiger partial charge on any atom is 0.0363 e. The molecule has 2 rings (SSSR count). The number of hydrogen-bond acceptors (Lipinski definition) is 2. The van der Waals surface area contributed by atoms with E-state index in [9.17, 15) is 0 Å². The van der Waals surface area contributed by atoms with Crippen LogP contribution in [-0.4, -0.2) is 26.7 Å². The van der Waals surface area contributed by atoms with E-state index < -0.39 is 0 Å². The molecule has 90 valence electrons. The highest BCUT2D eigenvalue weighted by molar-refractivity contribution is 5.85. The summed E-state index contributed by atoms with van der Waals surface area (Å²) in [5, 5.41) is 3.44. The van der Waals surface area contributed by atoms with Gasteiger partial charge in [-0.15, -0.1) is 12.4 Å². The van der Waals surface area contributed by atoms with Gasteiger partial charge in [0.1, 0.15) is 0 Å². The molecule has 1 heterocycles. The molecule has 1 aromatic rings. The first-order chi connectivity index (χ1) is 7.20. The van der Waals surface area contributed by atoms with Gasteiger partial charge in [0.2, 0.25) is 0 Å². The highest BCUT2D eigenvalue weighted by atomic mass is 35.5. The SMILES string of the molecule is CN(CC1(C)CCNC1)c1ccccc1.Cl. The van der Waals surface area contributed by atoms with E-state index in [1.54, 1.807) is 0 Å². The normalized spacial score (nSPS) is 23.9. The molecule has 0 radical (unpaired) electrons. The number of nitrogens with zero attached hydrogens (tertiary/aromatic N) is 1. The average Bonchev–Trinajstić information content (AvgIpc) is 2.66. The molecule has 2 nitrogen and oxygen atoms in total. The highest BCUT2D eigenvalue weighted by Crippen LogP contribution is 2.27. The van der Waals surface area contributed by atoms with E-state index in [1.165, 1.54) is 18.7 Å². The Kier molecular flexibility index (Phi) is 4.63. The minimum Gasteiger partial charge on any atom is -0.374 e. The Morgan fingerprint density at radius 1 is 1.31 bits per heavy atom. The van der Waals surface area contributed by atoms with Crippen molar-refractivity contribution < 1.29 is 0 Å². The van der Waals surface area contributed by atoms with Crippen molar-refractivity contribution in [3.63, 3.8) is 0 Å². The second-order valence-corrected chi connectivity index (χ2v) is 4.93. The molecule has 1 saturated heterocycles. The lowest BCUT2D eigenvalue weighted by Gasteiger charge is -2.30. The van der Waals surface area contributed by atoms with E-state index in [2.05, 4.69) is 54.5 Å². The van der Waals surface area contributed by atoms with Crippen LogP contribution < -0.4 is 10.2 Å². The molecule has 0 saturated carbocycles. The van der Waals surface area contributed by atoms with E-state index >= 15 is 0 Å². The Labute approximate surface area is 104 Å². The first-order valence-electron chi connectivity index (χ1n) is 5.67. The third-order valence-corrected chi connectivity index (χ3v) is 3.27. The molecule has 0 amide bonds. The fourth-order valence-electron chi connectivity index (χ4n) is 2.35. The summed E-state index contributed by atoms with van der Waals surface area (Å²) >= 11 is 0. The summed E-state index contributed by atoms with van der Waals surface area (Å²) < 4.78 is 0. The van der Waals surface area contributed by atoms with E-state index in [1.807, 2.05) is 0 Å². The van der Waals surface area contributed by atoms with E-state index in [-0.39, 0.29) is 12.4 Å². The fourth-order valence-corrected chi connectivity index (χ4v) is 2.35. The van der Waals surface area contributed by atoms with Gasteiger partial charge >= 0.3 is 0 Å². The average molecular weight is 241 g/mol. The maximum absolute atomic E-state index is 3.44. The summed E-state index contributed by atoms with van der Waals surface area (Å²) in [7, 11) is 2.18. The van der Waals surface area contributed by atoms with Crippen LogP contribution in [0.4, 0.5) is 5.69 Å². The van der Waals surface area contributed by atoms with E-state index in [4.69, 9.17) is 0 Å². The predicted octanol–water partition coefficient (Wildman–Crippen LogP) is 2.54. The second-order valence-electron chi connectivity index (χ2n) is 4.93. The molecule has 1 aromatic carbocycles. The van der Waals surface area contributed by atoms with Crippen LogP contribution in [0, 0.1) is 5.41 Å². The van der Waals surface area contributed by atoms with Crippen molar-refractivity contribution in [2.75, 3.05) is 31.6 Å². The van der Waals surface area contributed by atoms with Gasteiger partial charge in [-0.1, -0.05) is 25.1 Å². The number of benzene rings is 1. The number of nitrogens with one attached hydrogen (secondary N) is 1. The first kappa shape index (κ1) is 13.3. The topological polar surface area (TPSA) is 15.3 Å². The zero-order valence-corrected chi connectivity index (χ0v) is 10.9. The third-order valence-electron chi connectivity index (χ3n) is 3.27. The Bertz CT molecular complexity index is 307. The van der Waals surface area contributed by atoms with Crippen LogP contribution in [0.25, 0.3) is 0 Å². The fraction of sp³-hybridized carbons (Fsp3) is 0.538. The summed E-state index contributed by atoms with van der Waals surface area (Å²) in [6.45, 7) is 5.81. The van der Waals surface area contributed by atoms with Crippen molar-refractivity contribution in [1.82, 2.24) is 5.32 Å². The highest BCUT2D eigenvalue weighted by Gasteiger charge is 2.29. The molecule has 1 atom stereocenters. The number of para-hydroxylation sites is 1. The van der Waals surface area contributed by atoms with Crippen LogP contribution >= 0.6 is 12.4 Å². The molecule has 1 aliphatic heterocycles. The quantitative estimate of drug-likeness (QED) is 0.874. The van der Waals surface area contributed by atoms with Crippen molar-refractivity contribution >= 4 is 18.1 Å². The smallest absolute Gasteiger partial charge is 0.0363 e. The predicted molar refractivity (Wildman–Crippen MR) is 72.6 cm³/mol. The van der Waals surface area contributed by atoms with Gasteiger partial charge in [-0.2, -0.15) is 0 Å². The summed E-state index contributed by atoms with van der Waals surface area (Å²) in [5.41, 5.74) is 1.75. The second kappa shape index (κ2) is 5.55. The van der Waals surface area contributed by atoms with Crippen molar-refractivity contribution in [1.29, 1.82) is 0 Å². The zero-order valence-electron chi connectivity index (χ0n) is 10.1. The molecule has 0 aromatic heterocycles. The van der Waals surface area contributed by atoms with Crippen LogP contribution in [0.2, 0.25) is 0 Å².